The normalized spacial score (nSPS) is 16.0. The maximum Gasteiger partial charge on any atom is 0.231 e. The van der Waals surface area contributed by atoms with Gasteiger partial charge in [0.1, 0.15) is 0 Å². The third-order valence-electron chi connectivity index (χ3n) is 4.55. The lowest BCUT2D eigenvalue weighted by Gasteiger charge is -2.21. The van der Waals surface area contributed by atoms with E-state index in [1.807, 2.05) is 13.0 Å². The van der Waals surface area contributed by atoms with Gasteiger partial charge in [0, 0.05) is 0 Å². The van der Waals surface area contributed by atoms with E-state index in [-0.39, 0.29) is 0 Å². The van der Waals surface area contributed by atoms with E-state index in [9.17, 15) is 5.11 Å². The first kappa shape index (κ1) is 18.6. The Kier molecular flexibility index (Phi) is 6.92. The molecule has 1 aromatic carbocycles. The molecular weight excluding hydrogens is 300 g/mol. The highest BCUT2D eigenvalue weighted by Gasteiger charge is 2.17. The van der Waals surface area contributed by atoms with Gasteiger partial charge in [-0.3, -0.25) is 0 Å². The fourth-order valence-corrected chi connectivity index (χ4v) is 3.07. The molecule has 0 aromatic heterocycles. The second kappa shape index (κ2) is 8.93. The molecule has 1 aromatic rings. The number of aryl methyl sites for hydroxylation is 1. The highest BCUT2D eigenvalue weighted by molar-refractivity contribution is 5.44. The number of aliphatic hydroxyl groups is 1. The molecule has 0 bridgehead atoms. The van der Waals surface area contributed by atoms with Gasteiger partial charge in [0.05, 0.1) is 5.60 Å². The van der Waals surface area contributed by atoms with Crippen LogP contribution in [0.25, 0.3) is 0 Å². The molecule has 0 saturated heterocycles. The van der Waals surface area contributed by atoms with Crippen molar-refractivity contribution in [3.63, 3.8) is 0 Å². The Bertz CT molecular complexity index is 572. The lowest BCUT2D eigenvalue weighted by atomic mass is 9.93. The summed E-state index contributed by atoms with van der Waals surface area (Å²) in [5, 5.41) is 10.2. The smallest absolute Gasteiger partial charge is 0.231 e. The van der Waals surface area contributed by atoms with Crippen molar-refractivity contribution < 1.29 is 14.6 Å². The van der Waals surface area contributed by atoms with Crippen molar-refractivity contribution in [2.75, 3.05) is 6.79 Å². The van der Waals surface area contributed by atoms with Crippen LogP contribution in [0.3, 0.4) is 0 Å². The van der Waals surface area contributed by atoms with Crippen LogP contribution in [0.15, 0.2) is 42.5 Å². The van der Waals surface area contributed by atoms with E-state index >= 15 is 0 Å². The largest absolute Gasteiger partial charge is 0.454 e. The average molecular weight is 330 g/mol. The van der Waals surface area contributed by atoms with Gasteiger partial charge in [-0.2, -0.15) is 0 Å². The third kappa shape index (κ3) is 5.72. The van der Waals surface area contributed by atoms with Crippen molar-refractivity contribution >= 4 is 0 Å². The van der Waals surface area contributed by atoms with Crippen LogP contribution in [0.1, 0.15) is 57.9 Å². The van der Waals surface area contributed by atoms with Crippen LogP contribution in [0.2, 0.25) is 0 Å². The van der Waals surface area contributed by atoms with Gasteiger partial charge < -0.3 is 14.6 Å². The molecule has 0 saturated carbocycles. The molecule has 0 fully saturated rings. The number of hydrogen-bond acceptors (Lipinski definition) is 3. The molecule has 1 aliphatic rings. The number of benzene rings is 1. The predicted octanol–water partition coefficient (Wildman–Crippen LogP) is 5.18. The zero-order valence-corrected chi connectivity index (χ0v) is 15.0. The quantitative estimate of drug-likeness (QED) is 0.601. The summed E-state index contributed by atoms with van der Waals surface area (Å²) in [4.78, 5) is 0. The number of hydrogen-bond donors (Lipinski definition) is 1. The van der Waals surface area contributed by atoms with E-state index in [2.05, 4.69) is 31.7 Å². The van der Waals surface area contributed by atoms with Crippen LogP contribution >= 0.6 is 0 Å². The first-order valence-electron chi connectivity index (χ1n) is 8.94. The Morgan fingerprint density at radius 2 is 2.12 bits per heavy atom. The van der Waals surface area contributed by atoms with Gasteiger partial charge in [-0.25, -0.2) is 0 Å². The van der Waals surface area contributed by atoms with E-state index in [1.165, 1.54) is 11.1 Å². The van der Waals surface area contributed by atoms with E-state index in [0.29, 0.717) is 13.2 Å². The number of fused-ring (bicyclic) bond motifs is 1. The van der Waals surface area contributed by atoms with Crippen LogP contribution < -0.4 is 9.47 Å². The molecule has 3 nitrogen and oxygen atoms in total. The molecule has 132 valence electrons. The molecule has 0 aliphatic carbocycles. The van der Waals surface area contributed by atoms with Crippen LogP contribution in [-0.2, 0) is 6.42 Å². The zero-order valence-electron chi connectivity index (χ0n) is 15.0. The summed E-state index contributed by atoms with van der Waals surface area (Å²) in [6.45, 7) is 8.13. The van der Waals surface area contributed by atoms with Crippen molar-refractivity contribution in [3.8, 4) is 11.5 Å². The summed E-state index contributed by atoms with van der Waals surface area (Å²) < 4.78 is 10.8. The second-order valence-electron chi connectivity index (χ2n) is 6.79. The summed E-state index contributed by atoms with van der Waals surface area (Å²) in [7, 11) is 0. The molecule has 24 heavy (non-hydrogen) atoms. The van der Waals surface area contributed by atoms with Gasteiger partial charge >= 0.3 is 0 Å². The van der Waals surface area contributed by atoms with Gasteiger partial charge in [0.2, 0.25) is 6.79 Å². The van der Waals surface area contributed by atoms with Gasteiger partial charge in [-0.1, -0.05) is 30.7 Å². The van der Waals surface area contributed by atoms with Crippen molar-refractivity contribution in [2.45, 2.75) is 64.4 Å². The lowest BCUT2D eigenvalue weighted by molar-refractivity contribution is 0.0520. The molecule has 0 radical (unpaired) electrons. The summed E-state index contributed by atoms with van der Waals surface area (Å²) in [5.74, 6) is 1.70. The molecule has 1 N–H and O–H groups in total. The molecule has 1 unspecified atom stereocenters. The van der Waals surface area contributed by atoms with Gasteiger partial charge in [-0.15, -0.1) is 6.58 Å². The van der Waals surface area contributed by atoms with Crippen LogP contribution in [-0.4, -0.2) is 17.5 Å². The fraction of sp³-hybridized carbons (Fsp3) is 0.524. The average Bonchev–Trinajstić information content (AvgIpc) is 3.01. The highest BCUT2D eigenvalue weighted by atomic mass is 16.7. The zero-order chi connectivity index (χ0) is 17.4. The SMILES string of the molecule is C=CCC(C)(O)CCC/C(=C/CCc1ccc2c(c1)OCO2)CC. The second-order valence-corrected chi connectivity index (χ2v) is 6.79. The van der Waals surface area contributed by atoms with Gasteiger partial charge in [0.25, 0.3) is 0 Å². The first-order chi connectivity index (χ1) is 11.5. The van der Waals surface area contributed by atoms with Crippen molar-refractivity contribution in [1.82, 2.24) is 0 Å². The van der Waals surface area contributed by atoms with Crippen LogP contribution in [0.5, 0.6) is 11.5 Å². The lowest BCUT2D eigenvalue weighted by Crippen LogP contribution is -2.22. The summed E-state index contributed by atoms with van der Waals surface area (Å²) in [6, 6.07) is 6.18. The molecule has 0 spiro atoms. The Hall–Kier alpha value is -1.74. The standard InChI is InChI=1S/C21H30O3/c1-4-13-21(3,22)14-7-10-17(5-2)8-6-9-18-11-12-19-20(15-18)24-16-23-19/h4,8,11-12,15,22H,1,5-7,9-10,13-14,16H2,2-3H3/b17-8+. The predicted molar refractivity (Wildman–Crippen MR) is 98.5 cm³/mol. The Labute approximate surface area is 146 Å². The van der Waals surface area contributed by atoms with Crippen molar-refractivity contribution in [2.24, 2.45) is 0 Å². The minimum atomic E-state index is -0.618. The molecular formula is C21H30O3. The highest BCUT2D eigenvalue weighted by Crippen LogP contribution is 2.32. The molecule has 1 aliphatic heterocycles. The van der Waals surface area contributed by atoms with Gasteiger partial charge in [0.15, 0.2) is 11.5 Å². The molecule has 0 amide bonds. The van der Waals surface area contributed by atoms with Crippen molar-refractivity contribution in [3.05, 3.63) is 48.1 Å². The summed E-state index contributed by atoms with van der Waals surface area (Å²) in [6.07, 6.45) is 10.8. The maximum atomic E-state index is 10.2. The minimum Gasteiger partial charge on any atom is -0.454 e. The monoisotopic (exact) mass is 330 g/mol. The Balaban J connectivity index is 1.77. The minimum absolute atomic E-state index is 0.328. The van der Waals surface area contributed by atoms with Crippen molar-refractivity contribution in [1.29, 1.82) is 0 Å². The third-order valence-corrected chi connectivity index (χ3v) is 4.55. The summed E-state index contributed by atoms with van der Waals surface area (Å²) in [5.41, 5.74) is 2.14. The van der Waals surface area contributed by atoms with Crippen LogP contribution in [0.4, 0.5) is 0 Å². The number of allylic oxidation sites excluding steroid dienone is 2. The first-order valence-corrected chi connectivity index (χ1v) is 8.94. The number of ether oxygens (including phenoxy) is 2. The maximum absolute atomic E-state index is 10.2. The van der Waals surface area contributed by atoms with Crippen LogP contribution in [0, 0.1) is 0 Å². The summed E-state index contributed by atoms with van der Waals surface area (Å²) >= 11 is 0. The van der Waals surface area contributed by atoms with Gasteiger partial charge in [-0.05, 0) is 69.6 Å². The topological polar surface area (TPSA) is 38.7 Å². The number of rotatable bonds is 10. The van der Waals surface area contributed by atoms with E-state index in [0.717, 1.165) is 50.0 Å². The Morgan fingerprint density at radius 1 is 1.33 bits per heavy atom. The van der Waals surface area contributed by atoms with E-state index in [4.69, 9.17) is 9.47 Å². The molecule has 3 heteroatoms. The molecule has 1 heterocycles. The van der Waals surface area contributed by atoms with E-state index in [1.54, 1.807) is 6.08 Å². The molecule has 2 rings (SSSR count). The van der Waals surface area contributed by atoms with E-state index < -0.39 is 5.60 Å². The Morgan fingerprint density at radius 3 is 2.88 bits per heavy atom. The molecule has 1 atom stereocenters. The fourth-order valence-electron chi connectivity index (χ4n) is 3.07.